The van der Waals surface area contributed by atoms with E-state index in [0.717, 1.165) is 6.54 Å². The fourth-order valence-electron chi connectivity index (χ4n) is 1.03. The van der Waals surface area contributed by atoms with E-state index < -0.39 is 5.95 Å². The second kappa shape index (κ2) is 4.87. The van der Waals surface area contributed by atoms with Crippen molar-refractivity contribution in [2.75, 3.05) is 13.6 Å². The van der Waals surface area contributed by atoms with Gasteiger partial charge in [0.2, 0.25) is 5.95 Å². The topological polar surface area (TPSA) is 28.5 Å². The Morgan fingerprint density at radius 2 is 2.20 bits per heavy atom. The van der Waals surface area contributed by atoms with E-state index in [2.05, 4.69) is 9.98 Å². The highest BCUT2D eigenvalue weighted by molar-refractivity contribution is 5.62. The van der Waals surface area contributed by atoms with E-state index >= 15 is 0 Å². The molecule has 0 bridgehead atoms. The molecule has 0 radical (unpaired) electrons. The molecule has 1 rings (SSSR count). The van der Waals surface area contributed by atoms with Crippen LogP contribution in [0.15, 0.2) is 11.1 Å². The molecule has 0 saturated heterocycles. The molecular weight excluding hydrogens is 193 g/mol. The molecule has 1 heterocycles. The zero-order valence-electron chi connectivity index (χ0n) is 9.58. The molecule has 0 aliphatic carbocycles. The fraction of sp³-hybridized carbons (Fsp3) is 0.455. The quantitative estimate of drug-likeness (QED) is 0.434. The van der Waals surface area contributed by atoms with Crippen molar-refractivity contribution in [3.63, 3.8) is 0 Å². The SMILES string of the molecule is CCN(C)C=Nc1cc(C)c(F)nc1C. The Labute approximate surface area is 89.7 Å². The minimum Gasteiger partial charge on any atom is -0.366 e. The first-order chi connectivity index (χ1) is 7.04. The van der Waals surface area contributed by atoms with Gasteiger partial charge < -0.3 is 4.90 Å². The zero-order valence-corrected chi connectivity index (χ0v) is 9.58. The van der Waals surface area contributed by atoms with Gasteiger partial charge in [0.15, 0.2) is 0 Å². The molecule has 0 fully saturated rings. The van der Waals surface area contributed by atoms with E-state index in [4.69, 9.17) is 0 Å². The third-order valence-corrected chi connectivity index (χ3v) is 2.21. The number of halogens is 1. The molecule has 15 heavy (non-hydrogen) atoms. The van der Waals surface area contributed by atoms with Crippen LogP contribution in [0.5, 0.6) is 0 Å². The standard InChI is InChI=1S/C11H16FN3/c1-5-15(4)7-13-10-6-8(2)11(12)14-9(10)3/h6-7H,5H2,1-4H3. The van der Waals surface area contributed by atoms with Crippen LogP contribution in [-0.2, 0) is 0 Å². The van der Waals surface area contributed by atoms with Crippen molar-refractivity contribution in [2.24, 2.45) is 4.99 Å². The molecule has 0 amide bonds. The number of hydrogen-bond acceptors (Lipinski definition) is 2. The second-order valence-electron chi connectivity index (χ2n) is 3.52. The fourth-order valence-corrected chi connectivity index (χ4v) is 1.03. The Hall–Kier alpha value is -1.45. The summed E-state index contributed by atoms with van der Waals surface area (Å²) in [5, 5.41) is 0. The molecule has 0 spiro atoms. The van der Waals surface area contributed by atoms with Crippen LogP contribution in [0.25, 0.3) is 0 Å². The summed E-state index contributed by atoms with van der Waals surface area (Å²) >= 11 is 0. The Balaban J connectivity index is 2.95. The van der Waals surface area contributed by atoms with Crippen LogP contribution in [0, 0.1) is 19.8 Å². The summed E-state index contributed by atoms with van der Waals surface area (Å²) in [5.41, 5.74) is 1.85. The van der Waals surface area contributed by atoms with Gasteiger partial charge in [-0.1, -0.05) is 0 Å². The molecule has 0 atom stereocenters. The summed E-state index contributed by atoms with van der Waals surface area (Å²) in [4.78, 5) is 9.97. The van der Waals surface area contributed by atoms with E-state index in [1.807, 2.05) is 18.9 Å². The third kappa shape index (κ3) is 3.01. The maximum Gasteiger partial charge on any atom is 0.216 e. The summed E-state index contributed by atoms with van der Waals surface area (Å²) in [6.45, 7) is 6.36. The number of aryl methyl sites for hydroxylation is 2. The predicted molar refractivity (Wildman–Crippen MR) is 60.1 cm³/mol. The number of aromatic nitrogens is 1. The lowest BCUT2D eigenvalue weighted by molar-refractivity contribution is 0.551. The first-order valence-electron chi connectivity index (χ1n) is 4.92. The van der Waals surface area contributed by atoms with Crippen LogP contribution in [-0.4, -0.2) is 29.8 Å². The van der Waals surface area contributed by atoms with Gasteiger partial charge in [-0.2, -0.15) is 4.39 Å². The molecular formula is C11H16FN3. The minimum atomic E-state index is -0.421. The van der Waals surface area contributed by atoms with Gasteiger partial charge in [-0.15, -0.1) is 0 Å². The highest BCUT2D eigenvalue weighted by atomic mass is 19.1. The van der Waals surface area contributed by atoms with E-state index in [0.29, 0.717) is 16.9 Å². The van der Waals surface area contributed by atoms with E-state index in [1.165, 1.54) is 0 Å². The summed E-state index contributed by atoms with van der Waals surface area (Å²) in [6, 6.07) is 1.71. The molecule has 0 aliphatic heterocycles. The van der Waals surface area contributed by atoms with Gasteiger partial charge in [0.25, 0.3) is 0 Å². The van der Waals surface area contributed by atoms with E-state index in [1.54, 1.807) is 26.3 Å². The van der Waals surface area contributed by atoms with Crippen molar-refractivity contribution in [3.05, 3.63) is 23.3 Å². The predicted octanol–water partition coefficient (Wildman–Crippen LogP) is 2.45. The molecule has 82 valence electrons. The molecule has 0 N–H and O–H groups in total. The van der Waals surface area contributed by atoms with Crippen LogP contribution in [0.1, 0.15) is 18.2 Å². The highest BCUT2D eigenvalue weighted by Crippen LogP contribution is 2.18. The van der Waals surface area contributed by atoms with Crippen molar-refractivity contribution >= 4 is 12.0 Å². The van der Waals surface area contributed by atoms with E-state index in [-0.39, 0.29) is 0 Å². The molecule has 0 unspecified atom stereocenters. The minimum absolute atomic E-state index is 0.421. The van der Waals surface area contributed by atoms with Gasteiger partial charge in [0.05, 0.1) is 17.7 Å². The van der Waals surface area contributed by atoms with Crippen LogP contribution < -0.4 is 0 Å². The van der Waals surface area contributed by atoms with Crippen LogP contribution in [0.3, 0.4) is 0 Å². The Kier molecular flexibility index (Phi) is 3.77. The molecule has 1 aromatic heterocycles. The van der Waals surface area contributed by atoms with Crippen molar-refractivity contribution in [1.82, 2.24) is 9.88 Å². The number of rotatable bonds is 3. The van der Waals surface area contributed by atoms with Crippen molar-refractivity contribution in [3.8, 4) is 0 Å². The lowest BCUT2D eigenvalue weighted by Crippen LogP contribution is -2.14. The molecule has 1 aromatic rings. The zero-order chi connectivity index (χ0) is 11.4. The second-order valence-corrected chi connectivity index (χ2v) is 3.52. The van der Waals surface area contributed by atoms with Gasteiger partial charge in [-0.25, -0.2) is 9.98 Å². The van der Waals surface area contributed by atoms with Crippen molar-refractivity contribution in [1.29, 1.82) is 0 Å². The summed E-state index contributed by atoms with van der Waals surface area (Å²) in [5.74, 6) is -0.421. The third-order valence-electron chi connectivity index (χ3n) is 2.21. The maximum atomic E-state index is 13.1. The van der Waals surface area contributed by atoms with Gasteiger partial charge in [0.1, 0.15) is 0 Å². The van der Waals surface area contributed by atoms with Crippen molar-refractivity contribution in [2.45, 2.75) is 20.8 Å². The normalized spacial score (nSPS) is 11.0. The number of hydrogen-bond donors (Lipinski definition) is 0. The molecule has 0 aromatic carbocycles. The Morgan fingerprint density at radius 1 is 1.53 bits per heavy atom. The molecule has 4 heteroatoms. The summed E-state index contributed by atoms with van der Waals surface area (Å²) in [7, 11) is 1.93. The number of pyridine rings is 1. The molecule has 3 nitrogen and oxygen atoms in total. The molecule has 0 aliphatic rings. The average molecular weight is 209 g/mol. The van der Waals surface area contributed by atoms with E-state index in [9.17, 15) is 4.39 Å². The Bertz CT molecular complexity index is 374. The van der Waals surface area contributed by atoms with Crippen molar-refractivity contribution < 1.29 is 4.39 Å². The smallest absolute Gasteiger partial charge is 0.216 e. The first kappa shape index (κ1) is 11.6. The number of aliphatic imine (C=N–C) groups is 1. The average Bonchev–Trinajstić information content (AvgIpc) is 2.21. The van der Waals surface area contributed by atoms with Gasteiger partial charge in [0, 0.05) is 19.2 Å². The summed E-state index contributed by atoms with van der Waals surface area (Å²) in [6.07, 6.45) is 1.72. The lowest BCUT2D eigenvalue weighted by Gasteiger charge is -2.09. The largest absolute Gasteiger partial charge is 0.366 e. The van der Waals surface area contributed by atoms with Gasteiger partial charge in [-0.05, 0) is 26.8 Å². The summed E-state index contributed by atoms with van der Waals surface area (Å²) < 4.78 is 13.1. The molecule has 0 saturated carbocycles. The van der Waals surface area contributed by atoms with Crippen LogP contribution in [0.2, 0.25) is 0 Å². The van der Waals surface area contributed by atoms with Gasteiger partial charge >= 0.3 is 0 Å². The maximum absolute atomic E-state index is 13.1. The van der Waals surface area contributed by atoms with Crippen LogP contribution in [0.4, 0.5) is 10.1 Å². The first-order valence-corrected chi connectivity index (χ1v) is 4.92. The highest BCUT2D eigenvalue weighted by Gasteiger charge is 2.03. The Morgan fingerprint density at radius 3 is 2.80 bits per heavy atom. The number of nitrogens with zero attached hydrogens (tertiary/aromatic N) is 3. The lowest BCUT2D eigenvalue weighted by atomic mass is 10.2. The van der Waals surface area contributed by atoms with Crippen LogP contribution >= 0.6 is 0 Å². The monoisotopic (exact) mass is 209 g/mol. The van der Waals surface area contributed by atoms with Gasteiger partial charge in [-0.3, -0.25) is 0 Å².